The van der Waals surface area contributed by atoms with E-state index in [2.05, 4.69) is 44.7 Å². The van der Waals surface area contributed by atoms with Crippen molar-refractivity contribution in [3.05, 3.63) is 0 Å². The quantitative estimate of drug-likeness (QED) is 0.556. The maximum absolute atomic E-state index is 4.61. The van der Waals surface area contributed by atoms with E-state index < -0.39 is 0 Å². The van der Waals surface area contributed by atoms with E-state index in [0.717, 1.165) is 24.9 Å². The van der Waals surface area contributed by atoms with Gasteiger partial charge in [-0.25, -0.2) is 9.98 Å². The lowest BCUT2D eigenvalue weighted by molar-refractivity contribution is 0.250. The van der Waals surface area contributed by atoms with Crippen LogP contribution in [-0.2, 0) is 0 Å². The van der Waals surface area contributed by atoms with Gasteiger partial charge in [-0.3, -0.25) is 0 Å². The zero-order valence-electron chi connectivity index (χ0n) is 8.56. The Hall–Kier alpha value is -0.400. The molecule has 0 radical (unpaired) electrons. The predicted octanol–water partition coefficient (Wildman–Crippen LogP) is 2.85. The summed E-state index contributed by atoms with van der Waals surface area (Å²) in [6.07, 6.45) is 4.00. The topological polar surface area (TPSA) is 24.7 Å². The standard InChI is InChI=1S/C11H14N2S2/c14-6-12-4-9-1-8-2-10(5-13-7-15)11(9)3-8/h8-11H,1-5H2. The first kappa shape index (κ1) is 11.1. The number of isothiocyanates is 2. The molecule has 80 valence electrons. The van der Waals surface area contributed by atoms with Gasteiger partial charge in [0.05, 0.1) is 23.4 Å². The van der Waals surface area contributed by atoms with Gasteiger partial charge in [-0.15, -0.1) is 0 Å². The van der Waals surface area contributed by atoms with Gasteiger partial charge in [-0.1, -0.05) is 0 Å². The van der Waals surface area contributed by atoms with Crippen molar-refractivity contribution in [3.8, 4) is 0 Å². The van der Waals surface area contributed by atoms with Crippen molar-refractivity contribution in [1.29, 1.82) is 0 Å². The molecule has 0 heterocycles. The summed E-state index contributed by atoms with van der Waals surface area (Å²) in [5, 5.41) is 4.94. The molecule has 2 atom stereocenters. The van der Waals surface area contributed by atoms with Crippen molar-refractivity contribution in [1.82, 2.24) is 0 Å². The molecule has 2 saturated carbocycles. The molecule has 4 heteroatoms. The van der Waals surface area contributed by atoms with Gasteiger partial charge in [0.15, 0.2) is 0 Å². The van der Waals surface area contributed by atoms with Crippen LogP contribution in [0.1, 0.15) is 19.3 Å². The molecule has 0 N–H and O–H groups in total. The lowest BCUT2D eigenvalue weighted by Gasteiger charge is -2.26. The van der Waals surface area contributed by atoms with Crippen LogP contribution in [-0.4, -0.2) is 23.4 Å². The Labute approximate surface area is 101 Å². The minimum absolute atomic E-state index is 0.713. The van der Waals surface area contributed by atoms with Gasteiger partial charge < -0.3 is 0 Å². The molecule has 0 aliphatic heterocycles. The molecule has 2 unspecified atom stereocenters. The van der Waals surface area contributed by atoms with Crippen molar-refractivity contribution in [3.63, 3.8) is 0 Å². The molecular weight excluding hydrogens is 224 g/mol. The van der Waals surface area contributed by atoms with Gasteiger partial charge in [0.1, 0.15) is 0 Å². The van der Waals surface area contributed by atoms with Crippen LogP contribution in [0.2, 0.25) is 0 Å². The van der Waals surface area contributed by atoms with E-state index in [4.69, 9.17) is 0 Å². The van der Waals surface area contributed by atoms with Crippen LogP contribution in [0.15, 0.2) is 9.98 Å². The third-order valence-corrected chi connectivity index (χ3v) is 4.13. The highest BCUT2D eigenvalue weighted by atomic mass is 32.1. The second-order valence-corrected chi connectivity index (χ2v) is 4.99. The molecule has 2 rings (SSSR count). The summed E-state index contributed by atoms with van der Waals surface area (Å²) in [5.74, 6) is 3.11. The van der Waals surface area contributed by atoms with Crippen molar-refractivity contribution < 1.29 is 0 Å². The summed E-state index contributed by atoms with van der Waals surface area (Å²) in [6, 6.07) is 0. The van der Waals surface area contributed by atoms with E-state index in [1.54, 1.807) is 0 Å². The summed E-state index contributed by atoms with van der Waals surface area (Å²) in [5.41, 5.74) is 0. The first-order chi connectivity index (χ1) is 7.35. The molecule has 0 amide bonds. The highest BCUT2D eigenvalue weighted by Gasteiger charge is 2.45. The summed E-state index contributed by atoms with van der Waals surface area (Å²) >= 11 is 9.23. The summed E-state index contributed by atoms with van der Waals surface area (Å²) in [7, 11) is 0. The highest BCUT2D eigenvalue weighted by Crippen LogP contribution is 2.51. The lowest BCUT2D eigenvalue weighted by atomic mass is 9.80. The third-order valence-electron chi connectivity index (χ3n) is 3.87. The van der Waals surface area contributed by atoms with E-state index in [0.29, 0.717) is 11.8 Å². The van der Waals surface area contributed by atoms with Gasteiger partial charge in [-0.05, 0) is 67.4 Å². The van der Waals surface area contributed by atoms with E-state index in [-0.39, 0.29) is 0 Å². The normalized spacial score (nSPS) is 37.1. The Morgan fingerprint density at radius 2 is 1.47 bits per heavy atom. The maximum Gasteiger partial charge on any atom is 0.0585 e. The smallest absolute Gasteiger partial charge is 0.0585 e. The van der Waals surface area contributed by atoms with Crippen molar-refractivity contribution in [2.45, 2.75) is 19.3 Å². The molecule has 15 heavy (non-hydrogen) atoms. The molecule has 0 aromatic rings. The van der Waals surface area contributed by atoms with Crippen molar-refractivity contribution >= 4 is 34.8 Å². The summed E-state index contributed by atoms with van der Waals surface area (Å²) in [4.78, 5) is 8.17. The second-order valence-electron chi connectivity index (χ2n) is 4.62. The van der Waals surface area contributed by atoms with E-state index in [1.165, 1.54) is 19.3 Å². The van der Waals surface area contributed by atoms with E-state index >= 15 is 0 Å². The number of aliphatic imine (C=N–C) groups is 2. The Bertz CT molecular complexity index is 299. The van der Waals surface area contributed by atoms with Gasteiger partial charge in [-0.2, -0.15) is 0 Å². The summed E-state index contributed by atoms with van der Waals surface area (Å²) in [6.45, 7) is 1.73. The minimum Gasteiger partial charge on any atom is -0.232 e. The van der Waals surface area contributed by atoms with Gasteiger partial charge in [0.2, 0.25) is 0 Å². The number of hydrogen-bond donors (Lipinski definition) is 0. The molecule has 2 fully saturated rings. The fraction of sp³-hybridized carbons (Fsp3) is 0.818. The van der Waals surface area contributed by atoms with Crippen molar-refractivity contribution in [2.75, 3.05) is 13.1 Å². The predicted molar refractivity (Wildman–Crippen MR) is 67.6 cm³/mol. The molecule has 2 aliphatic carbocycles. The van der Waals surface area contributed by atoms with Gasteiger partial charge >= 0.3 is 0 Å². The number of rotatable bonds is 4. The Balaban J connectivity index is 1.95. The molecule has 0 saturated heterocycles. The molecule has 0 aromatic heterocycles. The Morgan fingerprint density at radius 3 is 1.87 bits per heavy atom. The van der Waals surface area contributed by atoms with E-state index in [9.17, 15) is 0 Å². The molecular formula is C11H14N2S2. The summed E-state index contributed by atoms with van der Waals surface area (Å²) < 4.78 is 0. The fourth-order valence-corrected chi connectivity index (χ4v) is 3.53. The molecule has 2 nitrogen and oxygen atoms in total. The van der Waals surface area contributed by atoms with Crippen molar-refractivity contribution in [2.24, 2.45) is 33.7 Å². The monoisotopic (exact) mass is 238 g/mol. The third kappa shape index (κ3) is 2.40. The first-order valence-corrected chi connectivity index (χ1v) is 6.24. The first-order valence-electron chi connectivity index (χ1n) is 5.42. The van der Waals surface area contributed by atoms with Crippen LogP contribution in [0.4, 0.5) is 0 Å². The minimum atomic E-state index is 0.713. The maximum atomic E-state index is 4.61. The van der Waals surface area contributed by atoms with Gasteiger partial charge in [0.25, 0.3) is 0 Å². The van der Waals surface area contributed by atoms with E-state index in [1.807, 2.05) is 0 Å². The van der Waals surface area contributed by atoms with Crippen LogP contribution >= 0.6 is 24.4 Å². The molecule has 2 aliphatic rings. The van der Waals surface area contributed by atoms with Crippen LogP contribution in [0, 0.1) is 23.7 Å². The largest absolute Gasteiger partial charge is 0.232 e. The zero-order chi connectivity index (χ0) is 10.7. The molecule has 0 spiro atoms. The lowest BCUT2D eigenvalue weighted by Crippen LogP contribution is -2.24. The zero-order valence-corrected chi connectivity index (χ0v) is 10.2. The highest BCUT2D eigenvalue weighted by molar-refractivity contribution is 7.78. The Kier molecular flexibility index (Phi) is 3.76. The number of hydrogen-bond acceptors (Lipinski definition) is 4. The van der Waals surface area contributed by atoms with Crippen LogP contribution < -0.4 is 0 Å². The van der Waals surface area contributed by atoms with Gasteiger partial charge in [0, 0.05) is 0 Å². The average molecular weight is 238 g/mol. The molecule has 2 bridgehead atoms. The number of thiocarbonyl (C=S) groups is 2. The number of nitrogens with zero attached hydrogens (tertiary/aromatic N) is 2. The second kappa shape index (κ2) is 5.09. The number of fused-ring (bicyclic) bond motifs is 2. The van der Waals surface area contributed by atoms with Crippen LogP contribution in [0.3, 0.4) is 0 Å². The average Bonchev–Trinajstić information content (AvgIpc) is 2.82. The van der Waals surface area contributed by atoms with Crippen LogP contribution in [0.25, 0.3) is 0 Å². The Morgan fingerprint density at radius 1 is 0.933 bits per heavy atom. The fourth-order valence-electron chi connectivity index (χ4n) is 3.38. The molecule has 0 aromatic carbocycles. The SMILES string of the molecule is S=C=NCC1CC2CC(CN=C=S)C1C2. The van der Waals surface area contributed by atoms with Crippen LogP contribution in [0.5, 0.6) is 0 Å².